The van der Waals surface area contributed by atoms with Crippen molar-refractivity contribution in [2.45, 2.75) is 5.03 Å². The lowest BCUT2D eigenvalue weighted by Crippen LogP contribution is -2.14. The molecule has 0 saturated heterocycles. The standard InChI is InChI=1S/C20H14ClN3OS2/c21-14-6-8-15(9-7-14)24-18(25)11-26-19-16-10-17(13-4-2-1-3-5-13)27-20(16)23-12-22-19/h1-10,12H,11H2,(H,24,25). The number of carbonyl (C=O) groups excluding carboxylic acids is 1. The van der Waals surface area contributed by atoms with Gasteiger partial charge < -0.3 is 5.32 Å². The van der Waals surface area contributed by atoms with Crippen molar-refractivity contribution in [1.29, 1.82) is 0 Å². The summed E-state index contributed by atoms with van der Waals surface area (Å²) in [6.45, 7) is 0. The molecule has 0 fully saturated rings. The summed E-state index contributed by atoms with van der Waals surface area (Å²) in [5.41, 5.74) is 1.87. The molecule has 1 N–H and O–H groups in total. The molecule has 1 amide bonds. The summed E-state index contributed by atoms with van der Waals surface area (Å²) in [4.78, 5) is 23.0. The Bertz CT molecular complexity index is 1080. The summed E-state index contributed by atoms with van der Waals surface area (Å²) >= 11 is 8.89. The fourth-order valence-electron chi connectivity index (χ4n) is 2.56. The number of fused-ring (bicyclic) bond motifs is 1. The molecule has 4 rings (SSSR count). The first-order chi connectivity index (χ1) is 13.2. The predicted octanol–water partition coefficient (Wildman–Crippen LogP) is 5.74. The van der Waals surface area contributed by atoms with Crippen LogP contribution in [0.15, 0.2) is 72.0 Å². The van der Waals surface area contributed by atoms with Gasteiger partial charge in [0.05, 0.1) is 5.75 Å². The van der Waals surface area contributed by atoms with E-state index < -0.39 is 0 Å². The van der Waals surface area contributed by atoms with E-state index >= 15 is 0 Å². The highest BCUT2D eigenvalue weighted by Gasteiger charge is 2.12. The van der Waals surface area contributed by atoms with Gasteiger partial charge in [-0.15, -0.1) is 11.3 Å². The molecule has 134 valence electrons. The highest BCUT2D eigenvalue weighted by atomic mass is 35.5. The Morgan fingerprint density at radius 1 is 1.07 bits per heavy atom. The molecule has 7 heteroatoms. The molecular weight excluding hydrogens is 398 g/mol. The molecular formula is C20H14ClN3OS2. The van der Waals surface area contributed by atoms with Gasteiger partial charge in [-0.05, 0) is 35.9 Å². The Kier molecular flexibility index (Phi) is 5.38. The van der Waals surface area contributed by atoms with Crippen LogP contribution in [0.5, 0.6) is 0 Å². The molecule has 2 aromatic heterocycles. The summed E-state index contributed by atoms with van der Waals surface area (Å²) in [6, 6.07) is 19.3. The molecule has 0 aliphatic rings. The van der Waals surface area contributed by atoms with Crippen LogP contribution >= 0.6 is 34.7 Å². The van der Waals surface area contributed by atoms with Crippen molar-refractivity contribution in [1.82, 2.24) is 9.97 Å². The van der Waals surface area contributed by atoms with E-state index in [1.165, 1.54) is 11.8 Å². The Balaban J connectivity index is 1.49. The predicted molar refractivity (Wildman–Crippen MR) is 114 cm³/mol. The molecule has 2 heterocycles. The lowest BCUT2D eigenvalue weighted by atomic mass is 10.2. The van der Waals surface area contributed by atoms with Crippen molar-refractivity contribution in [3.63, 3.8) is 0 Å². The SMILES string of the molecule is O=C(CSc1ncnc2sc(-c3ccccc3)cc12)Nc1ccc(Cl)cc1. The quantitative estimate of drug-likeness (QED) is 0.336. The first-order valence-corrected chi connectivity index (χ1v) is 10.4. The van der Waals surface area contributed by atoms with Crippen molar-refractivity contribution in [3.05, 3.63) is 72.0 Å². The maximum Gasteiger partial charge on any atom is 0.234 e. The van der Waals surface area contributed by atoms with Crippen molar-refractivity contribution in [2.75, 3.05) is 11.1 Å². The zero-order valence-corrected chi connectivity index (χ0v) is 16.4. The van der Waals surface area contributed by atoms with Crippen molar-refractivity contribution in [3.8, 4) is 10.4 Å². The number of thioether (sulfide) groups is 1. The van der Waals surface area contributed by atoms with Gasteiger partial charge in [-0.25, -0.2) is 9.97 Å². The van der Waals surface area contributed by atoms with E-state index in [4.69, 9.17) is 11.6 Å². The van der Waals surface area contributed by atoms with Gasteiger partial charge in [-0.1, -0.05) is 53.7 Å². The molecule has 2 aromatic carbocycles. The third kappa shape index (κ3) is 4.30. The molecule has 4 nitrogen and oxygen atoms in total. The minimum absolute atomic E-state index is 0.0902. The number of aromatic nitrogens is 2. The molecule has 0 radical (unpaired) electrons. The van der Waals surface area contributed by atoms with E-state index in [0.717, 1.165) is 31.4 Å². The second-order valence-electron chi connectivity index (χ2n) is 5.72. The number of nitrogens with zero attached hydrogens (tertiary/aromatic N) is 2. The average molecular weight is 412 g/mol. The van der Waals surface area contributed by atoms with Crippen molar-refractivity contribution < 1.29 is 4.79 Å². The van der Waals surface area contributed by atoms with E-state index in [0.29, 0.717) is 5.02 Å². The molecule has 0 aliphatic heterocycles. The van der Waals surface area contributed by atoms with Crippen LogP contribution in [0.25, 0.3) is 20.7 Å². The van der Waals surface area contributed by atoms with E-state index in [2.05, 4.69) is 33.5 Å². The smallest absolute Gasteiger partial charge is 0.234 e. The Morgan fingerprint density at radius 3 is 2.63 bits per heavy atom. The zero-order chi connectivity index (χ0) is 18.6. The monoisotopic (exact) mass is 411 g/mol. The van der Waals surface area contributed by atoms with E-state index in [9.17, 15) is 4.79 Å². The van der Waals surface area contributed by atoms with Crippen LogP contribution in [-0.2, 0) is 4.79 Å². The largest absolute Gasteiger partial charge is 0.325 e. The summed E-state index contributed by atoms with van der Waals surface area (Å²) in [5, 5.41) is 5.28. The summed E-state index contributed by atoms with van der Waals surface area (Å²) in [5.74, 6) is 0.179. The fourth-order valence-corrected chi connectivity index (χ4v) is 4.53. The average Bonchev–Trinajstić information content (AvgIpc) is 3.14. The normalized spacial score (nSPS) is 10.9. The van der Waals surface area contributed by atoms with E-state index in [1.807, 2.05) is 18.2 Å². The number of halogens is 1. The number of nitrogens with one attached hydrogen (secondary N) is 1. The highest BCUT2D eigenvalue weighted by Crippen LogP contribution is 2.36. The Labute approximate surface area is 169 Å². The first-order valence-electron chi connectivity index (χ1n) is 8.17. The van der Waals surface area contributed by atoms with Crippen molar-refractivity contribution in [2.24, 2.45) is 0 Å². The minimum atomic E-state index is -0.0902. The van der Waals surface area contributed by atoms with E-state index in [1.54, 1.807) is 41.9 Å². The molecule has 0 aliphatic carbocycles. The third-order valence-electron chi connectivity index (χ3n) is 3.82. The topological polar surface area (TPSA) is 54.9 Å². The lowest BCUT2D eigenvalue weighted by molar-refractivity contribution is -0.113. The maximum atomic E-state index is 12.2. The second kappa shape index (κ2) is 8.08. The number of hydrogen-bond acceptors (Lipinski definition) is 5. The van der Waals surface area contributed by atoms with Crippen LogP contribution < -0.4 is 5.32 Å². The maximum absolute atomic E-state index is 12.2. The second-order valence-corrected chi connectivity index (χ2v) is 8.15. The number of hydrogen-bond donors (Lipinski definition) is 1. The van der Waals surface area contributed by atoms with Crippen LogP contribution in [0.1, 0.15) is 0 Å². The number of anilines is 1. The molecule has 27 heavy (non-hydrogen) atoms. The van der Waals surface area contributed by atoms with Gasteiger partial charge in [0, 0.05) is 21.0 Å². The molecule has 4 aromatic rings. The number of benzene rings is 2. The van der Waals surface area contributed by atoms with Crippen LogP contribution in [0, 0.1) is 0 Å². The van der Waals surface area contributed by atoms with Crippen LogP contribution in [0.4, 0.5) is 5.69 Å². The van der Waals surface area contributed by atoms with Gasteiger partial charge >= 0.3 is 0 Å². The van der Waals surface area contributed by atoms with Crippen LogP contribution in [-0.4, -0.2) is 21.6 Å². The van der Waals surface area contributed by atoms with E-state index in [-0.39, 0.29) is 11.7 Å². The lowest BCUT2D eigenvalue weighted by Gasteiger charge is -2.05. The summed E-state index contributed by atoms with van der Waals surface area (Å²) in [6.07, 6.45) is 1.55. The van der Waals surface area contributed by atoms with Gasteiger partial charge in [0.25, 0.3) is 0 Å². The third-order valence-corrected chi connectivity index (χ3v) is 6.17. The van der Waals surface area contributed by atoms with Crippen LogP contribution in [0.2, 0.25) is 5.02 Å². The van der Waals surface area contributed by atoms with Crippen LogP contribution in [0.3, 0.4) is 0 Å². The van der Waals surface area contributed by atoms with Gasteiger partial charge in [0.2, 0.25) is 5.91 Å². The molecule has 0 spiro atoms. The van der Waals surface area contributed by atoms with Crippen molar-refractivity contribution >= 4 is 56.5 Å². The number of rotatable bonds is 5. The minimum Gasteiger partial charge on any atom is -0.325 e. The molecule has 0 atom stereocenters. The molecule has 0 bridgehead atoms. The first kappa shape index (κ1) is 18.0. The van der Waals surface area contributed by atoms with Gasteiger partial charge in [-0.3, -0.25) is 4.79 Å². The van der Waals surface area contributed by atoms with Gasteiger partial charge in [0.15, 0.2) is 0 Å². The number of carbonyl (C=O) groups is 1. The van der Waals surface area contributed by atoms with Gasteiger partial charge in [-0.2, -0.15) is 0 Å². The zero-order valence-electron chi connectivity index (χ0n) is 14.1. The Morgan fingerprint density at radius 2 is 1.85 bits per heavy atom. The molecule has 0 saturated carbocycles. The highest BCUT2D eigenvalue weighted by molar-refractivity contribution is 8.00. The fraction of sp³-hybridized carbons (Fsp3) is 0.0500. The summed E-state index contributed by atoms with van der Waals surface area (Å²) in [7, 11) is 0. The number of amides is 1. The molecule has 0 unspecified atom stereocenters. The number of thiophene rings is 1. The van der Waals surface area contributed by atoms with Gasteiger partial charge in [0.1, 0.15) is 16.2 Å². The summed E-state index contributed by atoms with van der Waals surface area (Å²) < 4.78 is 0. The Hall–Kier alpha value is -2.41.